The van der Waals surface area contributed by atoms with E-state index in [1.54, 1.807) is 12.1 Å². The lowest BCUT2D eigenvalue weighted by Gasteiger charge is -2.30. The molecule has 0 unspecified atom stereocenters. The molecule has 2 aromatic carbocycles. The molecular formula is C23H28N2O6S. The van der Waals surface area contributed by atoms with Gasteiger partial charge in [-0.2, -0.15) is 0 Å². The lowest BCUT2D eigenvalue weighted by molar-refractivity contribution is -0.124. The van der Waals surface area contributed by atoms with Crippen molar-refractivity contribution < 1.29 is 27.5 Å². The number of hydrogen-bond donors (Lipinski definition) is 1. The quantitative estimate of drug-likeness (QED) is 0.608. The summed E-state index contributed by atoms with van der Waals surface area (Å²) < 4.78 is 38.8. The minimum absolute atomic E-state index is 0.0197. The van der Waals surface area contributed by atoms with E-state index in [2.05, 4.69) is 5.32 Å². The standard InChI is InChI=1S/C23H28N2O6S/c1-16(2)14-24-22(26)15-31-23(27)18-10-11-20(30-3)21(13-18)32(28,29)25-12-6-8-17-7-4-5-9-19(17)25/h4-5,7,9-11,13,16H,6,8,12,14-15H2,1-3H3,(H,24,26). The first-order chi connectivity index (χ1) is 15.2. The topological polar surface area (TPSA) is 102 Å². The van der Waals surface area contributed by atoms with Gasteiger partial charge in [-0.1, -0.05) is 32.0 Å². The number of methoxy groups -OCH3 is 1. The summed E-state index contributed by atoms with van der Waals surface area (Å²) in [5, 5.41) is 2.66. The van der Waals surface area contributed by atoms with Gasteiger partial charge in [-0.15, -0.1) is 0 Å². The fraction of sp³-hybridized carbons (Fsp3) is 0.391. The first-order valence-corrected chi connectivity index (χ1v) is 11.9. The predicted molar refractivity (Wildman–Crippen MR) is 120 cm³/mol. The molecule has 0 spiro atoms. The molecule has 0 aliphatic carbocycles. The number of ether oxygens (including phenoxy) is 2. The molecule has 1 N–H and O–H groups in total. The molecule has 0 atom stereocenters. The number of fused-ring (bicyclic) bond motifs is 1. The van der Waals surface area contributed by atoms with Gasteiger partial charge in [0.15, 0.2) is 6.61 Å². The highest BCUT2D eigenvalue weighted by atomic mass is 32.2. The van der Waals surface area contributed by atoms with Crippen molar-refractivity contribution in [2.75, 3.05) is 31.1 Å². The van der Waals surface area contributed by atoms with Crippen LogP contribution in [0.2, 0.25) is 0 Å². The Bertz CT molecular complexity index is 1100. The van der Waals surface area contributed by atoms with Gasteiger partial charge in [0.1, 0.15) is 10.6 Å². The molecule has 0 bridgehead atoms. The zero-order chi connectivity index (χ0) is 23.3. The molecule has 0 saturated carbocycles. The van der Waals surface area contributed by atoms with E-state index in [0.717, 1.165) is 12.0 Å². The number of nitrogens with one attached hydrogen (secondary N) is 1. The maximum absolute atomic E-state index is 13.5. The highest BCUT2D eigenvalue weighted by molar-refractivity contribution is 7.93. The number of hydrogen-bond acceptors (Lipinski definition) is 6. The summed E-state index contributed by atoms with van der Waals surface area (Å²) in [6.07, 6.45) is 1.48. The van der Waals surface area contributed by atoms with E-state index in [9.17, 15) is 18.0 Å². The second-order valence-electron chi connectivity index (χ2n) is 7.95. The molecule has 1 amide bonds. The Morgan fingerprint density at radius 3 is 2.62 bits per heavy atom. The van der Waals surface area contributed by atoms with Crippen molar-refractivity contribution in [3.63, 3.8) is 0 Å². The minimum Gasteiger partial charge on any atom is -0.495 e. The zero-order valence-electron chi connectivity index (χ0n) is 18.5. The summed E-state index contributed by atoms with van der Waals surface area (Å²) in [5.74, 6) is -0.815. The average molecular weight is 461 g/mol. The van der Waals surface area contributed by atoms with E-state index in [-0.39, 0.29) is 22.1 Å². The van der Waals surface area contributed by atoms with Gasteiger partial charge in [0.2, 0.25) is 0 Å². The molecule has 32 heavy (non-hydrogen) atoms. The van der Waals surface area contributed by atoms with Gasteiger partial charge in [0.25, 0.3) is 15.9 Å². The van der Waals surface area contributed by atoms with Crippen LogP contribution in [0.1, 0.15) is 36.2 Å². The largest absolute Gasteiger partial charge is 0.495 e. The maximum atomic E-state index is 13.5. The number of sulfonamides is 1. The second-order valence-corrected chi connectivity index (χ2v) is 9.78. The number of para-hydroxylation sites is 1. The first kappa shape index (κ1) is 23.6. The van der Waals surface area contributed by atoms with Crippen molar-refractivity contribution in [1.82, 2.24) is 5.32 Å². The van der Waals surface area contributed by atoms with E-state index in [1.165, 1.54) is 29.6 Å². The van der Waals surface area contributed by atoms with Crippen molar-refractivity contribution in [3.05, 3.63) is 53.6 Å². The summed E-state index contributed by atoms with van der Waals surface area (Å²) in [4.78, 5) is 24.2. The number of benzene rings is 2. The summed E-state index contributed by atoms with van der Waals surface area (Å²) >= 11 is 0. The predicted octanol–water partition coefficient (Wildman–Crippen LogP) is 2.77. The van der Waals surface area contributed by atoms with Gasteiger partial charge >= 0.3 is 5.97 Å². The molecule has 2 aromatic rings. The van der Waals surface area contributed by atoms with Gasteiger partial charge in [-0.3, -0.25) is 9.10 Å². The van der Waals surface area contributed by atoms with E-state index in [1.807, 2.05) is 26.0 Å². The van der Waals surface area contributed by atoms with Crippen LogP contribution in [0.25, 0.3) is 0 Å². The Morgan fingerprint density at radius 2 is 1.91 bits per heavy atom. The Labute approximate surface area is 188 Å². The highest BCUT2D eigenvalue weighted by Crippen LogP contribution is 2.35. The van der Waals surface area contributed by atoms with Gasteiger partial charge < -0.3 is 14.8 Å². The average Bonchev–Trinajstić information content (AvgIpc) is 2.80. The van der Waals surface area contributed by atoms with E-state index in [4.69, 9.17) is 9.47 Å². The second kappa shape index (κ2) is 10.0. The normalized spacial score (nSPS) is 13.4. The van der Waals surface area contributed by atoms with Crippen LogP contribution >= 0.6 is 0 Å². The van der Waals surface area contributed by atoms with Crippen LogP contribution in [-0.2, 0) is 26.0 Å². The van der Waals surface area contributed by atoms with E-state index in [0.29, 0.717) is 25.2 Å². The Hall–Kier alpha value is -3.07. The Kier molecular flexibility index (Phi) is 7.40. The number of esters is 1. The van der Waals surface area contributed by atoms with Crippen LogP contribution in [0.4, 0.5) is 5.69 Å². The van der Waals surface area contributed by atoms with Crippen LogP contribution < -0.4 is 14.4 Å². The van der Waals surface area contributed by atoms with Gasteiger partial charge in [0.05, 0.1) is 18.4 Å². The van der Waals surface area contributed by atoms with Crippen LogP contribution in [-0.4, -0.2) is 47.1 Å². The van der Waals surface area contributed by atoms with Crippen molar-refractivity contribution in [1.29, 1.82) is 0 Å². The number of aryl methyl sites for hydroxylation is 1. The third kappa shape index (κ3) is 5.21. The van der Waals surface area contributed by atoms with Crippen molar-refractivity contribution >= 4 is 27.6 Å². The monoisotopic (exact) mass is 460 g/mol. The molecule has 1 aliphatic rings. The van der Waals surface area contributed by atoms with Gasteiger partial charge in [0, 0.05) is 13.1 Å². The number of carbonyl (C=O) groups excluding carboxylic acids is 2. The molecule has 0 radical (unpaired) electrons. The summed E-state index contributed by atoms with van der Waals surface area (Å²) in [6, 6.07) is 11.4. The summed E-state index contributed by atoms with van der Waals surface area (Å²) in [5.41, 5.74) is 1.59. The van der Waals surface area contributed by atoms with Crippen LogP contribution in [0.5, 0.6) is 5.75 Å². The third-order valence-corrected chi connectivity index (χ3v) is 6.91. The van der Waals surface area contributed by atoms with Crippen LogP contribution in [0.3, 0.4) is 0 Å². The van der Waals surface area contributed by atoms with E-state index < -0.39 is 28.5 Å². The van der Waals surface area contributed by atoms with Crippen LogP contribution in [0.15, 0.2) is 47.4 Å². The molecule has 1 aliphatic heterocycles. The molecular weight excluding hydrogens is 432 g/mol. The molecule has 3 rings (SSSR count). The number of amides is 1. The lowest BCUT2D eigenvalue weighted by atomic mass is 10.0. The fourth-order valence-corrected chi connectivity index (χ4v) is 5.18. The van der Waals surface area contributed by atoms with Gasteiger partial charge in [-0.05, 0) is 48.6 Å². The number of nitrogens with zero attached hydrogens (tertiary/aromatic N) is 1. The Balaban J connectivity index is 1.85. The molecule has 8 nitrogen and oxygen atoms in total. The number of carbonyl (C=O) groups is 2. The number of rotatable bonds is 8. The SMILES string of the molecule is COc1ccc(C(=O)OCC(=O)NCC(C)C)cc1S(=O)(=O)N1CCCc2ccccc21. The molecule has 1 heterocycles. The first-order valence-electron chi connectivity index (χ1n) is 10.5. The van der Waals surface area contributed by atoms with E-state index >= 15 is 0 Å². The molecule has 9 heteroatoms. The molecule has 0 aromatic heterocycles. The number of anilines is 1. The zero-order valence-corrected chi connectivity index (χ0v) is 19.3. The summed E-state index contributed by atoms with van der Waals surface area (Å²) in [7, 11) is -2.63. The van der Waals surface area contributed by atoms with Gasteiger partial charge in [-0.25, -0.2) is 13.2 Å². The Morgan fingerprint density at radius 1 is 1.16 bits per heavy atom. The van der Waals surface area contributed by atoms with Crippen LogP contribution in [0, 0.1) is 5.92 Å². The minimum atomic E-state index is -4.00. The fourth-order valence-electron chi connectivity index (χ4n) is 3.46. The van der Waals surface area contributed by atoms with Crippen molar-refractivity contribution in [2.24, 2.45) is 5.92 Å². The third-order valence-electron chi connectivity index (χ3n) is 5.08. The molecule has 0 saturated heterocycles. The maximum Gasteiger partial charge on any atom is 0.338 e. The lowest BCUT2D eigenvalue weighted by Crippen LogP contribution is -2.35. The van der Waals surface area contributed by atoms with Crippen molar-refractivity contribution in [3.8, 4) is 5.75 Å². The highest BCUT2D eigenvalue weighted by Gasteiger charge is 2.32. The molecule has 0 fully saturated rings. The summed E-state index contributed by atoms with van der Waals surface area (Å²) in [6.45, 7) is 4.25. The molecule has 172 valence electrons. The van der Waals surface area contributed by atoms with Crippen molar-refractivity contribution in [2.45, 2.75) is 31.6 Å². The smallest absolute Gasteiger partial charge is 0.338 e.